The number of hydrogen-bond donors (Lipinski definition) is 1. The number of hydrogen-bond acceptors (Lipinski definition) is 1. The Kier molecular flexibility index (Phi) is 5.77. The lowest BCUT2D eigenvalue weighted by molar-refractivity contribution is -0.137. The van der Waals surface area contributed by atoms with Crippen LogP contribution in [0.15, 0.2) is 72.8 Å². The van der Waals surface area contributed by atoms with E-state index in [2.05, 4.69) is 5.32 Å². The van der Waals surface area contributed by atoms with Gasteiger partial charge in [0.1, 0.15) is 0 Å². The van der Waals surface area contributed by atoms with Gasteiger partial charge in [-0.2, -0.15) is 13.2 Å². The van der Waals surface area contributed by atoms with E-state index in [1.54, 1.807) is 55.6 Å². The number of anilines is 1. The summed E-state index contributed by atoms with van der Waals surface area (Å²) >= 11 is 0. The summed E-state index contributed by atoms with van der Waals surface area (Å²) in [5.74, 6) is -0.495. The van der Waals surface area contributed by atoms with Gasteiger partial charge in [0.05, 0.1) is 5.56 Å². The number of carbonyl (C=O) groups is 1. The number of para-hydroxylation sites is 1. The summed E-state index contributed by atoms with van der Waals surface area (Å²) in [6.45, 7) is 0.222. The van der Waals surface area contributed by atoms with Crippen LogP contribution in [0, 0.1) is 0 Å². The van der Waals surface area contributed by atoms with Gasteiger partial charge in [0.2, 0.25) is 0 Å². The summed E-state index contributed by atoms with van der Waals surface area (Å²) in [6.07, 6.45) is -4.53. The standard InChI is InChI=1S/C22H18F3N2O2/c1-27(21(29)26-18-8-3-2-4-9-18)14-15-6-5-7-16(12-15)19-13-17(22(23,24)25)10-11-20(19)28/h2-13H,14H2,1H3,(H,26,29). The van der Waals surface area contributed by atoms with Crippen LogP contribution in [0.5, 0.6) is 5.75 Å². The molecule has 0 saturated heterocycles. The van der Waals surface area contributed by atoms with E-state index in [0.717, 1.165) is 18.2 Å². The van der Waals surface area contributed by atoms with Crippen molar-refractivity contribution in [3.8, 4) is 16.9 Å². The first-order valence-corrected chi connectivity index (χ1v) is 8.79. The van der Waals surface area contributed by atoms with E-state index in [-0.39, 0.29) is 18.1 Å². The van der Waals surface area contributed by atoms with E-state index in [4.69, 9.17) is 0 Å². The van der Waals surface area contributed by atoms with Crippen LogP contribution in [-0.2, 0) is 17.8 Å². The molecule has 4 nitrogen and oxygen atoms in total. The molecule has 1 radical (unpaired) electrons. The van der Waals surface area contributed by atoms with Crippen LogP contribution in [0.2, 0.25) is 0 Å². The Balaban J connectivity index is 1.79. The lowest BCUT2D eigenvalue weighted by Gasteiger charge is -2.18. The summed E-state index contributed by atoms with van der Waals surface area (Å²) in [5.41, 5.74) is 0.800. The number of rotatable bonds is 4. The molecule has 7 heteroatoms. The third-order valence-electron chi connectivity index (χ3n) is 4.34. The number of nitrogens with one attached hydrogen (secondary N) is 1. The highest BCUT2D eigenvalue weighted by Crippen LogP contribution is 2.37. The summed E-state index contributed by atoms with van der Waals surface area (Å²) in [7, 11) is 1.61. The molecule has 0 aliphatic heterocycles. The zero-order valence-electron chi connectivity index (χ0n) is 15.5. The van der Waals surface area contributed by atoms with Gasteiger partial charge in [0, 0.05) is 24.8 Å². The zero-order valence-corrected chi connectivity index (χ0v) is 15.5. The number of amides is 2. The van der Waals surface area contributed by atoms with Crippen molar-refractivity contribution in [3.63, 3.8) is 0 Å². The van der Waals surface area contributed by atoms with Crippen molar-refractivity contribution in [1.29, 1.82) is 0 Å². The number of carbonyl (C=O) groups excluding carboxylic acids is 1. The average Bonchev–Trinajstić information content (AvgIpc) is 2.68. The van der Waals surface area contributed by atoms with Crippen LogP contribution in [0.25, 0.3) is 11.1 Å². The first kappa shape index (κ1) is 20.3. The smallest absolute Gasteiger partial charge is 0.323 e. The normalized spacial score (nSPS) is 11.2. The molecule has 0 heterocycles. The Bertz CT molecular complexity index is 1000. The maximum absolute atomic E-state index is 13.0. The molecule has 3 aromatic carbocycles. The maximum Gasteiger partial charge on any atom is 0.416 e. The SMILES string of the molecule is CN(Cc1cccc(-c2cc(C(F)(F)F)ccc2[O])c1)C(=O)Nc1ccccc1. The van der Waals surface area contributed by atoms with E-state index in [9.17, 15) is 23.1 Å². The lowest BCUT2D eigenvalue weighted by Crippen LogP contribution is -2.30. The minimum Gasteiger partial charge on any atom is -0.323 e. The maximum atomic E-state index is 13.0. The molecule has 0 bridgehead atoms. The quantitative estimate of drug-likeness (QED) is 0.560. The van der Waals surface area contributed by atoms with Crippen LogP contribution in [0.3, 0.4) is 0 Å². The van der Waals surface area contributed by atoms with E-state index in [0.29, 0.717) is 16.8 Å². The minimum atomic E-state index is -4.53. The van der Waals surface area contributed by atoms with E-state index < -0.39 is 17.5 Å². The molecule has 0 aliphatic rings. The third-order valence-corrected chi connectivity index (χ3v) is 4.34. The molecule has 0 fully saturated rings. The van der Waals surface area contributed by atoms with Crippen molar-refractivity contribution in [3.05, 3.63) is 83.9 Å². The predicted octanol–water partition coefficient (Wildman–Crippen LogP) is 6.18. The number of benzene rings is 3. The van der Waals surface area contributed by atoms with Gasteiger partial charge >= 0.3 is 12.2 Å². The Morgan fingerprint density at radius 1 is 0.966 bits per heavy atom. The van der Waals surface area contributed by atoms with Gasteiger partial charge in [-0.3, -0.25) is 5.11 Å². The molecule has 0 aliphatic carbocycles. The van der Waals surface area contributed by atoms with Crippen molar-refractivity contribution >= 4 is 11.7 Å². The highest BCUT2D eigenvalue weighted by atomic mass is 19.4. The topological polar surface area (TPSA) is 52.2 Å². The van der Waals surface area contributed by atoms with Crippen LogP contribution in [-0.4, -0.2) is 18.0 Å². The van der Waals surface area contributed by atoms with E-state index in [1.807, 2.05) is 6.07 Å². The Labute approximate surface area is 166 Å². The molecular weight excluding hydrogens is 381 g/mol. The molecule has 0 atom stereocenters. The zero-order chi connectivity index (χ0) is 21.0. The highest BCUT2D eigenvalue weighted by Gasteiger charge is 2.31. The molecule has 0 saturated carbocycles. The van der Waals surface area contributed by atoms with Gasteiger partial charge < -0.3 is 10.2 Å². The summed E-state index contributed by atoms with van der Waals surface area (Å²) in [5, 5.41) is 14.9. The van der Waals surface area contributed by atoms with Gasteiger partial charge in [-0.25, -0.2) is 4.79 Å². The Morgan fingerprint density at radius 2 is 1.69 bits per heavy atom. The largest absolute Gasteiger partial charge is 0.416 e. The lowest BCUT2D eigenvalue weighted by atomic mass is 9.99. The molecule has 0 aromatic heterocycles. The first-order valence-electron chi connectivity index (χ1n) is 8.79. The molecular formula is C22H18F3N2O2. The van der Waals surface area contributed by atoms with Crippen LogP contribution in [0.4, 0.5) is 23.7 Å². The van der Waals surface area contributed by atoms with E-state index in [1.165, 1.54) is 4.90 Å². The van der Waals surface area contributed by atoms with Gasteiger partial charge in [0.15, 0.2) is 5.75 Å². The van der Waals surface area contributed by atoms with Crippen molar-refractivity contribution in [2.75, 3.05) is 12.4 Å². The number of halogens is 3. The van der Waals surface area contributed by atoms with Crippen molar-refractivity contribution in [2.45, 2.75) is 12.7 Å². The first-order chi connectivity index (χ1) is 13.7. The van der Waals surface area contributed by atoms with Gasteiger partial charge in [0.25, 0.3) is 0 Å². The molecule has 0 unspecified atom stereocenters. The highest BCUT2D eigenvalue weighted by molar-refractivity contribution is 5.89. The fraction of sp³-hybridized carbons (Fsp3) is 0.136. The third kappa shape index (κ3) is 5.07. The Hall–Kier alpha value is -3.48. The molecule has 1 N–H and O–H groups in total. The van der Waals surface area contributed by atoms with Crippen molar-refractivity contribution in [2.24, 2.45) is 0 Å². The second-order valence-corrected chi connectivity index (χ2v) is 6.56. The minimum absolute atomic E-state index is 0.0296. The molecule has 0 spiro atoms. The second kappa shape index (κ2) is 8.26. The monoisotopic (exact) mass is 399 g/mol. The van der Waals surface area contributed by atoms with Crippen LogP contribution >= 0.6 is 0 Å². The second-order valence-electron chi connectivity index (χ2n) is 6.56. The fourth-order valence-corrected chi connectivity index (χ4v) is 2.86. The van der Waals surface area contributed by atoms with Gasteiger partial charge in [-0.1, -0.05) is 36.4 Å². The summed E-state index contributed by atoms with van der Waals surface area (Å²) in [6, 6.07) is 17.8. The molecule has 149 valence electrons. The number of urea groups is 1. The predicted molar refractivity (Wildman–Crippen MR) is 104 cm³/mol. The van der Waals surface area contributed by atoms with E-state index >= 15 is 0 Å². The van der Waals surface area contributed by atoms with Crippen molar-refractivity contribution < 1.29 is 23.1 Å². The molecule has 29 heavy (non-hydrogen) atoms. The van der Waals surface area contributed by atoms with Crippen molar-refractivity contribution in [1.82, 2.24) is 4.90 Å². The molecule has 3 aromatic rings. The summed E-state index contributed by atoms with van der Waals surface area (Å²) in [4.78, 5) is 13.8. The average molecular weight is 399 g/mol. The Morgan fingerprint density at radius 3 is 2.38 bits per heavy atom. The fourth-order valence-electron chi connectivity index (χ4n) is 2.86. The van der Waals surface area contributed by atoms with Gasteiger partial charge in [-0.05, 0) is 47.5 Å². The number of alkyl halides is 3. The molecule has 2 amide bonds. The molecule has 3 rings (SSSR count). The van der Waals surface area contributed by atoms with Crippen LogP contribution in [0.1, 0.15) is 11.1 Å². The summed E-state index contributed by atoms with van der Waals surface area (Å²) < 4.78 is 38.9. The number of nitrogens with zero attached hydrogens (tertiary/aromatic N) is 1. The van der Waals surface area contributed by atoms with Crippen LogP contribution < -0.4 is 5.32 Å². The van der Waals surface area contributed by atoms with Gasteiger partial charge in [-0.15, -0.1) is 0 Å².